The predicted octanol–water partition coefficient (Wildman–Crippen LogP) is 3.59. The van der Waals surface area contributed by atoms with Gasteiger partial charge in [0.1, 0.15) is 0 Å². The molecular formula is C19H33NO. The Morgan fingerprint density at radius 2 is 1.81 bits per heavy atom. The number of nitrogens with one attached hydrogen (secondary N) is 1. The van der Waals surface area contributed by atoms with Crippen molar-refractivity contribution in [3.8, 4) is 0 Å². The Hall–Kier alpha value is -0.0800. The Balaban J connectivity index is 1.61. The lowest BCUT2D eigenvalue weighted by molar-refractivity contribution is -0.133. The third kappa shape index (κ3) is 2.12. The van der Waals surface area contributed by atoms with E-state index in [1.165, 1.54) is 51.6 Å². The van der Waals surface area contributed by atoms with E-state index in [1.807, 2.05) is 0 Å². The molecule has 2 N–H and O–H groups in total. The van der Waals surface area contributed by atoms with E-state index in [2.05, 4.69) is 19.2 Å². The van der Waals surface area contributed by atoms with Crippen LogP contribution in [0.4, 0.5) is 0 Å². The van der Waals surface area contributed by atoms with Gasteiger partial charge < -0.3 is 10.4 Å². The van der Waals surface area contributed by atoms with Crippen LogP contribution in [-0.4, -0.2) is 24.3 Å². The lowest BCUT2D eigenvalue weighted by Gasteiger charge is -2.62. The zero-order valence-electron chi connectivity index (χ0n) is 13.9. The van der Waals surface area contributed by atoms with Crippen LogP contribution in [0.25, 0.3) is 0 Å². The lowest BCUT2D eigenvalue weighted by atomic mass is 9.44. The van der Waals surface area contributed by atoms with Crippen LogP contribution >= 0.6 is 0 Å². The van der Waals surface area contributed by atoms with Crippen LogP contribution in [0.3, 0.4) is 0 Å². The molecule has 0 bridgehead atoms. The predicted molar refractivity (Wildman–Crippen MR) is 86.0 cm³/mol. The molecule has 0 radical (unpaired) electrons. The van der Waals surface area contributed by atoms with Crippen LogP contribution in [0.5, 0.6) is 0 Å². The van der Waals surface area contributed by atoms with E-state index in [0.29, 0.717) is 10.8 Å². The molecule has 0 aromatic heterocycles. The summed E-state index contributed by atoms with van der Waals surface area (Å²) in [7, 11) is 0. The normalized spacial score (nSPS) is 57.0. The van der Waals surface area contributed by atoms with Crippen molar-refractivity contribution in [3.63, 3.8) is 0 Å². The smallest absolute Gasteiger partial charge is 0.0543 e. The lowest BCUT2D eigenvalue weighted by Crippen LogP contribution is -2.58. The number of hydrogen-bond donors (Lipinski definition) is 2. The first-order valence-corrected chi connectivity index (χ1v) is 9.42. The Kier molecular flexibility index (Phi) is 3.43. The van der Waals surface area contributed by atoms with Gasteiger partial charge in [0.25, 0.3) is 0 Å². The average molecular weight is 291 g/mol. The van der Waals surface area contributed by atoms with Crippen molar-refractivity contribution in [3.05, 3.63) is 0 Å². The first kappa shape index (κ1) is 14.5. The highest BCUT2D eigenvalue weighted by atomic mass is 16.3. The fraction of sp³-hybridized carbons (Fsp3) is 1.00. The van der Waals surface area contributed by atoms with Gasteiger partial charge in [-0.1, -0.05) is 13.8 Å². The van der Waals surface area contributed by atoms with E-state index in [4.69, 9.17) is 0 Å². The highest BCUT2D eigenvalue weighted by Crippen LogP contribution is 2.63. The van der Waals surface area contributed by atoms with Gasteiger partial charge in [-0.25, -0.2) is 0 Å². The van der Waals surface area contributed by atoms with Gasteiger partial charge in [-0.05, 0) is 92.4 Å². The summed E-state index contributed by atoms with van der Waals surface area (Å²) in [4.78, 5) is 0. The molecule has 0 aromatic carbocycles. The number of piperidine rings is 1. The topological polar surface area (TPSA) is 32.3 Å². The second-order valence-electron chi connectivity index (χ2n) is 9.24. The number of aliphatic hydroxyl groups is 1. The van der Waals surface area contributed by atoms with Gasteiger partial charge in [0.2, 0.25) is 0 Å². The molecule has 4 rings (SSSR count). The maximum absolute atomic E-state index is 10.1. The van der Waals surface area contributed by atoms with Crippen molar-refractivity contribution >= 4 is 0 Å². The second-order valence-corrected chi connectivity index (χ2v) is 9.24. The van der Waals surface area contributed by atoms with Crippen molar-refractivity contribution in [1.29, 1.82) is 0 Å². The Morgan fingerprint density at radius 1 is 0.952 bits per heavy atom. The molecule has 3 saturated carbocycles. The van der Waals surface area contributed by atoms with Crippen molar-refractivity contribution in [2.45, 2.75) is 71.3 Å². The van der Waals surface area contributed by atoms with Gasteiger partial charge in [-0.3, -0.25) is 0 Å². The largest absolute Gasteiger partial charge is 0.393 e. The monoisotopic (exact) mass is 291 g/mol. The molecule has 1 heterocycles. The van der Waals surface area contributed by atoms with E-state index < -0.39 is 0 Å². The highest BCUT2D eigenvalue weighted by Gasteiger charge is 2.57. The van der Waals surface area contributed by atoms with Gasteiger partial charge in [-0.2, -0.15) is 0 Å². The van der Waals surface area contributed by atoms with E-state index in [9.17, 15) is 5.11 Å². The molecule has 0 unspecified atom stereocenters. The molecule has 1 saturated heterocycles. The minimum Gasteiger partial charge on any atom is -0.393 e. The molecule has 2 heteroatoms. The number of fused-ring (bicyclic) bond motifs is 5. The summed E-state index contributed by atoms with van der Waals surface area (Å²) in [5.74, 6) is 3.68. The Morgan fingerprint density at radius 3 is 2.67 bits per heavy atom. The molecular weight excluding hydrogens is 258 g/mol. The van der Waals surface area contributed by atoms with E-state index in [0.717, 1.165) is 36.5 Å². The summed E-state index contributed by atoms with van der Waals surface area (Å²) >= 11 is 0. The van der Waals surface area contributed by atoms with E-state index >= 15 is 0 Å². The first-order chi connectivity index (χ1) is 10.0. The molecule has 2 nitrogen and oxygen atoms in total. The maximum atomic E-state index is 10.1. The summed E-state index contributed by atoms with van der Waals surface area (Å²) < 4.78 is 0. The minimum atomic E-state index is -0.00707. The van der Waals surface area contributed by atoms with Gasteiger partial charge in [-0.15, -0.1) is 0 Å². The van der Waals surface area contributed by atoms with Gasteiger partial charge in [0.15, 0.2) is 0 Å². The van der Waals surface area contributed by atoms with Crippen molar-refractivity contribution in [2.75, 3.05) is 13.1 Å². The molecule has 1 aliphatic heterocycles. The van der Waals surface area contributed by atoms with Crippen LogP contribution in [0, 0.1) is 34.5 Å². The van der Waals surface area contributed by atoms with E-state index in [1.54, 1.807) is 0 Å². The van der Waals surface area contributed by atoms with Gasteiger partial charge in [0.05, 0.1) is 6.10 Å². The van der Waals surface area contributed by atoms with Crippen LogP contribution in [0.2, 0.25) is 0 Å². The number of rotatable bonds is 0. The molecule has 4 fully saturated rings. The fourth-order valence-corrected chi connectivity index (χ4v) is 7.04. The van der Waals surface area contributed by atoms with Crippen LogP contribution < -0.4 is 5.32 Å². The molecule has 7 atom stereocenters. The Labute approximate surface area is 130 Å². The summed E-state index contributed by atoms with van der Waals surface area (Å²) in [5, 5.41) is 13.7. The first-order valence-electron chi connectivity index (χ1n) is 9.42. The third-order valence-electron chi connectivity index (χ3n) is 8.32. The van der Waals surface area contributed by atoms with Gasteiger partial charge in [0, 0.05) is 6.54 Å². The molecule has 0 spiro atoms. The average Bonchev–Trinajstić information content (AvgIpc) is 2.47. The molecule has 21 heavy (non-hydrogen) atoms. The molecule has 4 aliphatic rings. The zero-order chi connectivity index (χ0) is 14.7. The van der Waals surface area contributed by atoms with Crippen LogP contribution in [0.1, 0.15) is 65.2 Å². The van der Waals surface area contributed by atoms with Crippen molar-refractivity contribution < 1.29 is 5.11 Å². The summed E-state index contributed by atoms with van der Waals surface area (Å²) in [6.07, 6.45) is 10.5. The summed E-state index contributed by atoms with van der Waals surface area (Å²) in [6, 6.07) is 0. The molecule has 120 valence electrons. The molecule has 0 amide bonds. The molecule has 0 aromatic rings. The second kappa shape index (κ2) is 4.96. The summed E-state index contributed by atoms with van der Waals surface area (Å²) in [5.41, 5.74) is 1.10. The molecule has 3 aliphatic carbocycles. The minimum absolute atomic E-state index is 0.00707. The number of aliphatic hydroxyl groups excluding tert-OH is 1. The number of hydrogen-bond acceptors (Lipinski definition) is 2. The van der Waals surface area contributed by atoms with Crippen molar-refractivity contribution in [1.82, 2.24) is 5.32 Å². The Bertz CT molecular complexity index is 410. The van der Waals surface area contributed by atoms with Crippen molar-refractivity contribution in [2.24, 2.45) is 34.5 Å². The van der Waals surface area contributed by atoms with E-state index in [-0.39, 0.29) is 6.10 Å². The summed E-state index contributed by atoms with van der Waals surface area (Å²) in [6.45, 7) is 7.63. The van der Waals surface area contributed by atoms with Crippen LogP contribution in [0.15, 0.2) is 0 Å². The fourth-order valence-electron chi connectivity index (χ4n) is 7.04. The highest BCUT2D eigenvalue weighted by molar-refractivity contribution is 5.07. The zero-order valence-corrected chi connectivity index (χ0v) is 13.9. The quantitative estimate of drug-likeness (QED) is 0.715. The SMILES string of the molecule is C[C@]12CC[C@H]3[C@@H](CC[C@H]4C[C@@H](O)CC[C@@]43C)[C@@H]1CCNC2. The third-order valence-corrected chi connectivity index (χ3v) is 8.32. The van der Waals surface area contributed by atoms with Crippen LogP contribution in [-0.2, 0) is 0 Å². The van der Waals surface area contributed by atoms with Gasteiger partial charge >= 0.3 is 0 Å². The standard InChI is InChI=1S/C19H33NO/c1-18-8-6-17-15(16(18)7-10-20-12-18)4-3-13-11-14(21)5-9-19(13,17)2/h13-17,20-21H,3-12H2,1-2H3/t13-,14-,15-,16-,17-,18+,19-/m0/s1. The maximum Gasteiger partial charge on any atom is 0.0543 e.